The summed E-state index contributed by atoms with van der Waals surface area (Å²) >= 11 is 0. The van der Waals surface area contributed by atoms with Gasteiger partial charge in [0.2, 0.25) is 5.91 Å². The molecule has 5 aromatic rings. The third-order valence-corrected chi connectivity index (χ3v) is 12.8. The third-order valence-electron chi connectivity index (χ3n) is 12.8. The second kappa shape index (κ2) is 17.5. The molecule has 6 heterocycles. The molecular formula is C50H58N8O8. The van der Waals surface area contributed by atoms with E-state index < -0.39 is 29.9 Å². The maximum absolute atomic E-state index is 14.4. The molecule has 0 bridgehead atoms. The van der Waals surface area contributed by atoms with Crippen LogP contribution in [-0.2, 0) is 32.3 Å². The smallest absolute Gasteiger partial charge is 0.408 e. The summed E-state index contributed by atoms with van der Waals surface area (Å²) in [4.78, 5) is 73.7. The first-order chi connectivity index (χ1) is 31.5. The predicted octanol–water partition coefficient (Wildman–Crippen LogP) is 8.38. The highest BCUT2D eigenvalue weighted by molar-refractivity contribution is 5.90. The molecule has 346 valence electrons. The number of methoxy groups -OCH3 is 1. The van der Waals surface area contributed by atoms with E-state index >= 15 is 0 Å². The number of alkyl carbamates (subject to hydrolysis) is 2. The Morgan fingerprint density at radius 1 is 0.742 bits per heavy atom. The van der Waals surface area contributed by atoms with Crippen LogP contribution in [0.5, 0.6) is 11.5 Å². The Morgan fingerprint density at radius 2 is 1.26 bits per heavy atom. The lowest BCUT2D eigenvalue weighted by Gasteiger charge is -2.30. The molecule has 1 unspecified atom stereocenters. The van der Waals surface area contributed by atoms with E-state index in [9.17, 15) is 19.2 Å². The number of amides is 4. The Labute approximate surface area is 384 Å². The number of nitrogens with zero attached hydrogens (tertiary/aromatic N) is 4. The molecule has 0 radical (unpaired) electrons. The molecule has 9 rings (SSSR count). The molecule has 0 aliphatic carbocycles. The minimum atomic E-state index is -0.944. The first-order valence-corrected chi connectivity index (χ1v) is 22.7. The molecule has 16 heteroatoms. The van der Waals surface area contributed by atoms with E-state index in [1.165, 1.54) is 7.11 Å². The molecule has 66 heavy (non-hydrogen) atoms. The zero-order valence-electron chi connectivity index (χ0n) is 38.7. The van der Waals surface area contributed by atoms with Gasteiger partial charge in [-0.05, 0) is 81.2 Å². The van der Waals surface area contributed by atoms with Gasteiger partial charge in [-0.2, -0.15) is 0 Å². The van der Waals surface area contributed by atoms with Crippen LogP contribution >= 0.6 is 0 Å². The second-order valence-electron chi connectivity index (χ2n) is 19.5. The van der Waals surface area contributed by atoms with E-state index in [4.69, 9.17) is 28.9 Å². The summed E-state index contributed by atoms with van der Waals surface area (Å²) in [6.07, 6.45) is 3.72. The Balaban J connectivity index is 0.947. The number of aromatic nitrogens is 4. The van der Waals surface area contributed by atoms with Gasteiger partial charge in [0, 0.05) is 46.5 Å². The van der Waals surface area contributed by atoms with Gasteiger partial charge in [-0.1, -0.05) is 58.0 Å². The summed E-state index contributed by atoms with van der Waals surface area (Å²) in [5.41, 5.74) is 7.24. The van der Waals surface area contributed by atoms with E-state index in [1.807, 2.05) is 66.1 Å². The molecule has 2 saturated heterocycles. The van der Waals surface area contributed by atoms with Crippen molar-refractivity contribution in [2.24, 2.45) is 17.8 Å². The van der Waals surface area contributed by atoms with Crippen molar-refractivity contribution in [3.05, 3.63) is 95.3 Å². The minimum absolute atomic E-state index is 0.140. The number of likely N-dealkylation sites (tertiary alicyclic amines) is 2. The fourth-order valence-corrected chi connectivity index (χ4v) is 9.80. The highest BCUT2D eigenvalue weighted by Gasteiger charge is 2.42. The Morgan fingerprint density at radius 3 is 1.74 bits per heavy atom. The molecule has 4 aliphatic rings. The molecule has 4 N–H and O–H groups in total. The number of imidazole rings is 2. The van der Waals surface area contributed by atoms with Crippen molar-refractivity contribution in [3.63, 3.8) is 0 Å². The number of H-pyrrole nitrogens is 2. The summed E-state index contributed by atoms with van der Waals surface area (Å²) in [7, 11) is 1.29. The summed E-state index contributed by atoms with van der Waals surface area (Å²) in [5, 5.41) is 5.56. The maximum atomic E-state index is 14.4. The lowest BCUT2D eigenvalue weighted by Crippen LogP contribution is -2.51. The number of nitrogens with one attached hydrogen (secondary N) is 4. The van der Waals surface area contributed by atoms with E-state index in [1.54, 1.807) is 33.2 Å². The standard InChI is InChI=1S/C50H58N8O8/c1-26(2)42(55-48(61)63-8)46(59)57-22-27(3)14-36(57)44-51-20-34(53-44)30-16-32-24-65-39-19-31(17-33-25-64-38(18-30)40(32)41(33)39)35-21-52-45(54-35)37-15-28(4)23-58(37)47(60)43(29-12-10-9-11-13-29)56-49(62)66-50(5,6)7/h9-13,16-21,26-28,36-37,42-43H,14-15,22-25H2,1-8H3,(H,51,53)(H,52,54)(H,55,61)(H,56,62)/t27-,28-,36-,37-,42?,43+/m0/s1. The number of benzene rings is 3. The molecule has 6 atom stereocenters. The lowest BCUT2D eigenvalue weighted by atomic mass is 9.87. The SMILES string of the molecule is COC(=O)NC(C(=O)N1C[C@@H](C)C[C@H]1c1ncc(-c2cc3c4c(c2)OCc2cc(-c5cnc([C@@H]6C[C@H](C)CN6C(=O)[C@H](NC(=O)OC(C)(C)C)c6ccccc6)[nH]5)cc(c2-4)OC3)[nH]1)C(C)C. The first-order valence-electron chi connectivity index (χ1n) is 22.7. The van der Waals surface area contributed by atoms with Crippen LogP contribution in [0.1, 0.15) is 108 Å². The molecule has 4 aliphatic heterocycles. The van der Waals surface area contributed by atoms with Crippen LogP contribution < -0.4 is 20.1 Å². The van der Waals surface area contributed by atoms with Crippen molar-refractivity contribution in [1.82, 2.24) is 40.4 Å². The molecule has 2 fully saturated rings. The average Bonchev–Trinajstić information content (AvgIpc) is 4.12. The van der Waals surface area contributed by atoms with Crippen molar-refractivity contribution < 1.29 is 38.1 Å². The minimum Gasteiger partial charge on any atom is -0.488 e. The number of hydrogen-bond acceptors (Lipinski definition) is 10. The molecule has 0 spiro atoms. The zero-order chi connectivity index (χ0) is 46.6. The van der Waals surface area contributed by atoms with E-state index in [2.05, 4.69) is 46.6 Å². The van der Waals surface area contributed by atoms with Gasteiger partial charge < -0.3 is 49.3 Å². The molecule has 16 nitrogen and oxygen atoms in total. The van der Waals surface area contributed by atoms with Crippen LogP contribution in [0.2, 0.25) is 0 Å². The Hall–Kier alpha value is -6.84. The van der Waals surface area contributed by atoms with Crippen molar-refractivity contribution >= 4 is 24.0 Å². The quantitative estimate of drug-likeness (QED) is 0.106. The normalized spacial score (nSPS) is 20.5. The van der Waals surface area contributed by atoms with Gasteiger partial charge in [-0.3, -0.25) is 9.59 Å². The van der Waals surface area contributed by atoms with Crippen molar-refractivity contribution in [2.45, 2.75) is 104 Å². The zero-order valence-corrected chi connectivity index (χ0v) is 38.7. The van der Waals surface area contributed by atoms with Crippen LogP contribution in [0.25, 0.3) is 33.6 Å². The van der Waals surface area contributed by atoms with Gasteiger partial charge in [0.1, 0.15) is 54.0 Å². The van der Waals surface area contributed by atoms with Crippen LogP contribution in [0.3, 0.4) is 0 Å². The van der Waals surface area contributed by atoms with Gasteiger partial charge in [0.25, 0.3) is 5.91 Å². The van der Waals surface area contributed by atoms with Crippen LogP contribution in [0.4, 0.5) is 9.59 Å². The van der Waals surface area contributed by atoms with Gasteiger partial charge >= 0.3 is 12.2 Å². The van der Waals surface area contributed by atoms with E-state index in [-0.39, 0.29) is 41.7 Å². The molecule has 3 aromatic carbocycles. The predicted molar refractivity (Wildman–Crippen MR) is 245 cm³/mol. The van der Waals surface area contributed by atoms with Crippen LogP contribution in [0.15, 0.2) is 67.0 Å². The number of carbonyl (C=O) groups excluding carboxylic acids is 4. The molecule has 2 aromatic heterocycles. The van der Waals surface area contributed by atoms with Gasteiger partial charge in [-0.15, -0.1) is 0 Å². The second-order valence-corrected chi connectivity index (χ2v) is 19.5. The first kappa shape index (κ1) is 44.4. The number of carbonyl (C=O) groups is 4. The van der Waals surface area contributed by atoms with Gasteiger partial charge in [0.15, 0.2) is 0 Å². The topological polar surface area (TPSA) is 193 Å². The van der Waals surface area contributed by atoms with Crippen molar-refractivity contribution in [2.75, 3.05) is 20.2 Å². The lowest BCUT2D eigenvalue weighted by molar-refractivity contribution is -0.136. The van der Waals surface area contributed by atoms with Crippen LogP contribution in [-0.4, -0.2) is 85.6 Å². The Bertz CT molecular complexity index is 2620. The van der Waals surface area contributed by atoms with E-state index in [0.29, 0.717) is 49.9 Å². The highest BCUT2D eigenvalue weighted by atomic mass is 16.6. The van der Waals surface area contributed by atoms with Gasteiger partial charge in [0.05, 0.1) is 43.0 Å². The number of aromatic amines is 2. The summed E-state index contributed by atoms with van der Waals surface area (Å²) in [6, 6.07) is 15.2. The van der Waals surface area contributed by atoms with Gasteiger partial charge in [-0.25, -0.2) is 19.6 Å². The third kappa shape index (κ3) is 8.67. The fourth-order valence-electron chi connectivity index (χ4n) is 9.80. The van der Waals surface area contributed by atoms with E-state index in [0.717, 1.165) is 62.7 Å². The monoisotopic (exact) mass is 898 g/mol. The van der Waals surface area contributed by atoms with Crippen molar-refractivity contribution in [3.8, 4) is 45.1 Å². The highest BCUT2D eigenvalue weighted by Crippen LogP contribution is 2.51. The molecule has 4 amide bonds. The number of rotatable bonds is 10. The van der Waals surface area contributed by atoms with Crippen LogP contribution in [0, 0.1) is 17.8 Å². The number of ether oxygens (including phenoxy) is 4. The largest absolute Gasteiger partial charge is 0.488 e. The number of hydrogen-bond donors (Lipinski definition) is 4. The average molecular weight is 899 g/mol. The Kier molecular flexibility index (Phi) is 11.8. The fraction of sp³-hybridized carbons (Fsp3) is 0.440. The molecular weight excluding hydrogens is 841 g/mol. The maximum Gasteiger partial charge on any atom is 0.408 e. The summed E-state index contributed by atoms with van der Waals surface area (Å²) < 4.78 is 23.3. The summed E-state index contributed by atoms with van der Waals surface area (Å²) in [5.74, 6) is 2.75. The molecule has 0 saturated carbocycles. The van der Waals surface area contributed by atoms with Crippen molar-refractivity contribution in [1.29, 1.82) is 0 Å². The summed E-state index contributed by atoms with van der Waals surface area (Å²) in [6.45, 7) is 15.1.